The van der Waals surface area contributed by atoms with Crippen LogP contribution in [-0.2, 0) is 6.54 Å². The normalized spacial score (nSPS) is 10.3. The minimum atomic E-state index is -1.08. The summed E-state index contributed by atoms with van der Waals surface area (Å²) in [5.74, 6) is -1.58. The van der Waals surface area contributed by atoms with Crippen LogP contribution < -0.4 is 10.6 Å². The second kappa shape index (κ2) is 9.47. The number of hydrogen-bond donors (Lipinski definition) is 3. The maximum Gasteiger partial charge on any atom is 0.337 e. The van der Waals surface area contributed by atoms with Crippen molar-refractivity contribution in [3.63, 3.8) is 0 Å². The molecular formula is C20H23N3O4. The van der Waals surface area contributed by atoms with Crippen LogP contribution in [0.25, 0.3) is 0 Å². The second-order valence-electron chi connectivity index (χ2n) is 6.12. The number of amides is 2. The highest BCUT2D eigenvalue weighted by Gasteiger charge is 2.13. The van der Waals surface area contributed by atoms with Gasteiger partial charge in [0.1, 0.15) is 5.69 Å². The van der Waals surface area contributed by atoms with Crippen molar-refractivity contribution in [3.8, 4) is 0 Å². The third kappa shape index (κ3) is 5.64. The zero-order chi connectivity index (χ0) is 19.8. The first kappa shape index (κ1) is 20.1. The van der Waals surface area contributed by atoms with Crippen molar-refractivity contribution in [2.75, 3.05) is 6.54 Å². The Kier molecular flexibility index (Phi) is 7.05. The van der Waals surface area contributed by atoms with E-state index in [9.17, 15) is 14.4 Å². The van der Waals surface area contributed by atoms with E-state index < -0.39 is 11.9 Å². The summed E-state index contributed by atoms with van der Waals surface area (Å²) in [6.07, 6.45) is 1.96. The van der Waals surface area contributed by atoms with E-state index in [0.29, 0.717) is 12.1 Å². The van der Waals surface area contributed by atoms with Gasteiger partial charge in [0.2, 0.25) is 0 Å². The first-order valence-electron chi connectivity index (χ1n) is 8.78. The SMILES string of the molecule is CCCCNC(=O)c1ccc(CNC(=O)c2ccc(C(=O)O)c(C)n2)cc1. The monoisotopic (exact) mass is 369 g/mol. The van der Waals surface area contributed by atoms with Crippen LogP contribution in [0.5, 0.6) is 0 Å². The zero-order valence-corrected chi connectivity index (χ0v) is 15.4. The number of carboxylic acids is 1. The second-order valence-corrected chi connectivity index (χ2v) is 6.12. The highest BCUT2D eigenvalue weighted by atomic mass is 16.4. The molecule has 2 rings (SSSR count). The molecule has 0 saturated carbocycles. The molecule has 2 amide bonds. The number of aromatic nitrogens is 1. The topological polar surface area (TPSA) is 108 Å². The number of unbranched alkanes of at least 4 members (excludes halogenated alkanes) is 1. The number of benzene rings is 1. The maximum atomic E-state index is 12.2. The predicted octanol–water partition coefficient (Wildman–Crippen LogP) is 2.55. The van der Waals surface area contributed by atoms with E-state index in [4.69, 9.17) is 5.11 Å². The van der Waals surface area contributed by atoms with Crippen LogP contribution in [0.3, 0.4) is 0 Å². The van der Waals surface area contributed by atoms with E-state index >= 15 is 0 Å². The van der Waals surface area contributed by atoms with Gasteiger partial charge in [-0.1, -0.05) is 25.5 Å². The molecule has 0 fully saturated rings. The van der Waals surface area contributed by atoms with Gasteiger partial charge < -0.3 is 15.7 Å². The lowest BCUT2D eigenvalue weighted by atomic mass is 10.1. The highest BCUT2D eigenvalue weighted by molar-refractivity contribution is 5.95. The first-order chi connectivity index (χ1) is 12.9. The molecule has 0 radical (unpaired) electrons. The smallest absolute Gasteiger partial charge is 0.337 e. The number of carboxylic acid groups (broad SMARTS) is 1. The summed E-state index contributed by atoms with van der Waals surface area (Å²) in [5, 5.41) is 14.6. The lowest BCUT2D eigenvalue weighted by molar-refractivity contribution is 0.0694. The van der Waals surface area contributed by atoms with Crippen molar-refractivity contribution in [3.05, 3.63) is 64.5 Å². The van der Waals surface area contributed by atoms with E-state index in [2.05, 4.69) is 22.5 Å². The molecule has 1 aromatic carbocycles. The van der Waals surface area contributed by atoms with Crippen molar-refractivity contribution in [2.45, 2.75) is 33.2 Å². The van der Waals surface area contributed by atoms with Crippen LogP contribution in [0.4, 0.5) is 0 Å². The fourth-order valence-electron chi connectivity index (χ4n) is 2.44. The fourth-order valence-corrected chi connectivity index (χ4v) is 2.44. The van der Waals surface area contributed by atoms with Gasteiger partial charge in [-0.05, 0) is 43.2 Å². The van der Waals surface area contributed by atoms with Crippen LogP contribution in [0, 0.1) is 6.92 Å². The summed E-state index contributed by atoms with van der Waals surface area (Å²) in [6, 6.07) is 9.74. The van der Waals surface area contributed by atoms with Crippen LogP contribution in [0.1, 0.15) is 62.2 Å². The summed E-state index contributed by atoms with van der Waals surface area (Å²) in [6.45, 7) is 4.54. The van der Waals surface area contributed by atoms with Crippen molar-refractivity contribution >= 4 is 17.8 Å². The maximum absolute atomic E-state index is 12.2. The first-order valence-corrected chi connectivity index (χ1v) is 8.78. The Hall–Kier alpha value is -3.22. The molecule has 3 N–H and O–H groups in total. The molecule has 0 spiro atoms. The summed E-state index contributed by atoms with van der Waals surface area (Å²) in [5.41, 5.74) is 1.92. The third-order valence-electron chi connectivity index (χ3n) is 4.03. The molecule has 7 nitrogen and oxygen atoms in total. The van der Waals surface area contributed by atoms with Crippen molar-refractivity contribution < 1.29 is 19.5 Å². The molecule has 0 aliphatic heterocycles. The number of rotatable bonds is 8. The van der Waals surface area contributed by atoms with E-state index in [0.717, 1.165) is 18.4 Å². The van der Waals surface area contributed by atoms with E-state index in [1.54, 1.807) is 31.2 Å². The molecule has 0 atom stereocenters. The average molecular weight is 369 g/mol. The lowest BCUT2D eigenvalue weighted by Crippen LogP contribution is -2.25. The molecule has 7 heteroatoms. The predicted molar refractivity (Wildman–Crippen MR) is 101 cm³/mol. The zero-order valence-electron chi connectivity index (χ0n) is 15.4. The van der Waals surface area contributed by atoms with Crippen LogP contribution in [0.2, 0.25) is 0 Å². The summed E-state index contributed by atoms with van der Waals surface area (Å²) >= 11 is 0. The van der Waals surface area contributed by atoms with Crippen LogP contribution in [-0.4, -0.2) is 34.4 Å². The molecule has 2 aromatic rings. The van der Waals surface area contributed by atoms with Crippen molar-refractivity contribution in [2.24, 2.45) is 0 Å². The third-order valence-corrected chi connectivity index (χ3v) is 4.03. The Morgan fingerprint density at radius 2 is 1.70 bits per heavy atom. The molecule has 0 bridgehead atoms. The quantitative estimate of drug-likeness (QED) is 0.620. The number of carbonyl (C=O) groups excluding carboxylic acids is 2. The van der Waals surface area contributed by atoms with Gasteiger partial charge >= 0.3 is 5.97 Å². The van der Waals surface area contributed by atoms with Gasteiger partial charge in [0.15, 0.2) is 0 Å². The van der Waals surface area contributed by atoms with Crippen LogP contribution in [0.15, 0.2) is 36.4 Å². The van der Waals surface area contributed by atoms with Crippen molar-refractivity contribution in [1.29, 1.82) is 0 Å². The van der Waals surface area contributed by atoms with E-state index in [-0.39, 0.29) is 29.4 Å². The molecule has 142 valence electrons. The van der Waals surface area contributed by atoms with Gasteiger partial charge in [-0.25, -0.2) is 9.78 Å². The van der Waals surface area contributed by atoms with Gasteiger partial charge in [0.25, 0.3) is 11.8 Å². The fraction of sp³-hybridized carbons (Fsp3) is 0.300. The Labute approximate surface area is 157 Å². The molecule has 0 aliphatic rings. The molecular weight excluding hydrogens is 346 g/mol. The van der Waals surface area contributed by atoms with Crippen LogP contribution >= 0.6 is 0 Å². The number of carbonyl (C=O) groups is 3. The number of aryl methyl sites for hydroxylation is 1. The van der Waals surface area contributed by atoms with Crippen molar-refractivity contribution in [1.82, 2.24) is 15.6 Å². The van der Waals surface area contributed by atoms with E-state index in [1.807, 2.05) is 0 Å². The summed E-state index contributed by atoms with van der Waals surface area (Å²) < 4.78 is 0. The minimum absolute atomic E-state index is 0.0688. The molecule has 0 aliphatic carbocycles. The Morgan fingerprint density at radius 1 is 1.00 bits per heavy atom. The molecule has 0 unspecified atom stereocenters. The minimum Gasteiger partial charge on any atom is -0.478 e. The van der Waals surface area contributed by atoms with Gasteiger partial charge in [0.05, 0.1) is 11.3 Å². The molecule has 1 heterocycles. The Balaban J connectivity index is 1.92. The Bertz CT molecular complexity index is 832. The standard InChI is InChI=1S/C20H23N3O4/c1-3-4-11-21-18(24)15-7-5-14(6-8-15)12-22-19(25)17-10-9-16(20(26)27)13(2)23-17/h5-10H,3-4,11-12H2,1-2H3,(H,21,24)(H,22,25)(H,26,27). The molecule has 27 heavy (non-hydrogen) atoms. The summed E-state index contributed by atoms with van der Waals surface area (Å²) in [7, 11) is 0. The largest absolute Gasteiger partial charge is 0.478 e. The van der Waals surface area contributed by atoms with E-state index in [1.165, 1.54) is 12.1 Å². The number of pyridine rings is 1. The number of nitrogens with one attached hydrogen (secondary N) is 2. The van der Waals surface area contributed by atoms with Gasteiger partial charge in [-0.2, -0.15) is 0 Å². The highest BCUT2D eigenvalue weighted by Crippen LogP contribution is 2.08. The van der Waals surface area contributed by atoms with Gasteiger partial charge in [-0.15, -0.1) is 0 Å². The van der Waals surface area contributed by atoms with Gasteiger partial charge in [-0.3, -0.25) is 9.59 Å². The lowest BCUT2D eigenvalue weighted by Gasteiger charge is -2.08. The van der Waals surface area contributed by atoms with Gasteiger partial charge in [0, 0.05) is 18.7 Å². The Morgan fingerprint density at radius 3 is 2.30 bits per heavy atom. The molecule has 1 aromatic heterocycles. The molecule has 0 saturated heterocycles. The summed E-state index contributed by atoms with van der Waals surface area (Å²) in [4.78, 5) is 39.2. The number of aromatic carboxylic acids is 1. The number of hydrogen-bond acceptors (Lipinski definition) is 4. The average Bonchev–Trinajstić information content (AvgIpc) is 2.66. The number of nitrogens with zero attached hydrogens (tertiary/aromatic N) is 1.